The van der Waals surface area contributed by atoms with Gasteiger partial charge in [-0.3, -0.25) is 4.79 Å². The summed E-state index contributed by atoms with van der Waals surface area (Å²) in [5.41, 5.74) is 1.74. The Bertz CT molecular complexity index is 880. The minimum atomic E-state index is -3.57. The molecule has 7 heteroatoms. The van der Waals surface area contributed by atoms with E-state index < -0.39 is 10.0 Å². The van der Waals surface area contributed by atoms with Gasteiger partial charge in [0.1, 0.15) is 0 Å². The number of halogens is 1. The summed E-state index contributed by atoms with van der Waals surface area (Å²) in [6, 6.07) is 14.4. The van der Waals surface area contributed by atoms with E-state index in [1.165, 1.54) is 4.31 Å². The van der Waals surface area contributed by atoms with Crippen molar-refractivity contribution in [2.75, 3.05) is 18.4 Å². The Morgan fingerprint density at radius 3 is 2.42 bits per heavy atom. The average molecular weight is 484 g/mol. The molecule has 0 saturated carbocycles. The van der Waals surface area contributed by atoms with Crippen LogP contribution in [0.2, 0.25) is 0 Å². The van der Waals surface area contributed by atoms with Crippen molar-refractivity contribution in [1.29, 1.82) is 0 Å². The van der Waals surface area contributed by atoms with Crippen molar-refractivity contribution in [3.05, 3.63) is 57.7 Å². The van der Waals surface area contributed by atoms with E-state index in [1.807, 2.05) is 31.2 Å². The number of hydrogen-bond acceptors (Lipinski definition) is 3. The molecule has 1 saturated heterocycles. The number of carbonyl (C=O) groups is 1. The van der Waals surface area contributed by atoms with Gasteiger partial charge in [0, 0.05) is 22.3 Å². The number of piperidine rings is 1. The summed E-state index contributed by atoms with van der Waals surface area (Å²) in [5, 5.41) is 2.89. The molecule has 0 radical (unpaired) electrons. The fourth-order valence-electron chi connectivity index (χ4n) is 3.01. The summed E-state index contributed by atoms with van der Waals surface area (Å²) >= 11 is 2.21. The second-order valence-corrected chi connectivity index (χ2v) is 9.69. The van der Waals surface area contributed by atoms with Gasteiger partial charge in [-0.05, 0) is 78.8 Å². The number of hydrogen-bond donors (Lipinski definition) is 1. The van der Waals surface area contributed by atoms with E-state index in [1.54, 1.807) is 24.3 Å². The third-order valence-corrected chi connectivity index (χ3v) is 7.12. The third kappa shape index (κ3) is 4.44. The van der Waals surface area contributed by atoms with E-state index in [0.717, 1.165) is 14.8 Å². The zero-order chi connectivity index (χ0) is 18.7. The minimum absolute atomic E-state index is 0.130. The van der Waals surface area contributed by atoms with Gasteiger partial charge < -0.3 is 5.32 Å². The molecule has 1 atom stereocenters. The van der Waals surface area contributed by atoms with Crippen LogP contribution < -0.4 is 5.32 Å². The van der Waals surface area contributed by atoms with Crippen LogP contribution in [0.1, 0.15) is 18.4 Å². The summed E-state index contributed by atoms with van der Waals surface area (Å²) in [6.07, 6.45) is 1.37. The monoisotopic (exact) mass is 484 g/mol. The number of benzene rings is 2. The molecular weight excluding hydrogens is 463 g/mol. The smallest absolute Gasteiger partial charge is 0.243 e. The number of carbonyl (C=O) groups excluding carboxylic acids is 1. The van der Waals surface area contributed by atoms with Gasteiger partial charge in [-0.1, -0.05) is 17.7 Å². The van der Waals surface area contributed by atoms with Crippen LogP contribution in [0.5, 0.6) is 0 Å². The maximum Gasteiger partial charge on any atom is 0.243 e. The highest BCUT2D eigenvalue weighted by Gasteiger charge is 2.33. The molecule has 0 aliphatic carbocycles. The van der Waals surface area contributed by atoms with Crippen LogP contribution >= 0.6 is 22.6 Å². The van der Waals surface area contributed by atoms with Gasteiger partial charge in [-0.15, -0.1) is 0 Å². The number of nitrogens with one attached hydrogen (secondary N) is 1. The Morgan fingerprint density at radius 1 is 1.12 bits per heavy atom. The molecule has 0 aromatic heterocycles. The topological polar surface area (TPSA) is 66.5 Å². The second-order valence-electron chi connectivity index (χ2n) is 6.51. The van der Waals surface area contributed by atoms with Gasteiger partial charge in [0.05, 0.1) is 10.8 Å². The molecule has 1 N–H and O–H groups in total. The fourth-order valence-corrected chi connectivity index (χ4v) is 4.89. The van der Waals surface area contributed by atoms with Crippen LogP contribution in [0.3, 0.4) is 0 Å². The molecule has 26 heavy (non-hydrogen) atoms. The Hall–Kier alpha value is -1.45. The Balaban J connectivity index is 1.71. The van der Waals surface area contributed by atoms with Gasteiger partial charge in [0.25, 0.3) is 0 Å². The molecule has 1 heterocycles. The zero-order valence-corrected chi connectivity index (χ0v) is 17.5. The van der Waals surface area contributed by atoms with Crippen molar-refractivity contribution >= 4 is 44.2 Å². The lowest BCUT2D eigenvalue weighted by Gasteiger charge is -2.31. The van der Waals surface area contributed by atoms with Crippen LogP contribution in [0.15, 0.2) is 53.4 Å². The summed E-state index contributed by atoms with van der Waals surface area (Å²) in [5.74, 6) is -0.474. The molecule has 5 nitrogen and oxygen atoms in total. The molecule has 1 aliphatic heterocycles. The molecule has 2 aromatic rings. The van der Waals surface area contributed by atoms with Gasteiger partial charge in [0.2, 0.25) is 15.9 Å². The Labute approximate surface area is 168 Å². The molecule has 0 bridgehead atoms. The Morgan fingerprint density at radius 2 is 1.77 bits per heavy atom. The van der Waals surface area contributed by atoms with E-state index in [4.69, 9.17) is 0 Å². The van der Waals surface area contributed by atoms with E-state index in [-0.39, 0.29) is 23.3 Å². The fraction of sp³-hybridized carbons (Fsp3) is 0.316. The normalized spacial score (nSPS) is 18.5. The standard InChI is InChI=1S/C19H21IN2O3S/c1-14-4-10-18(11-5-14)26(24,25)22-12-2-3-15(13-22)19(23)21-17-8-6-16(20)7-9-17/h4-11,15H,2-3,12-13H2,1H3,(H,21,23). The van der Waals surface area contributed by atoms with E-state index in [0.29, 0.717) is 19.4 Å². The van der Waals surface area contributed by atoms with Gasteiger partial charge in [-0.2, -0.15) is 4.31 Å². The van der Waals surface area contributed by atoms with Gasteiger partial charge >= 0.3 is 0 Å². The third-order valence-electron chi connectivity index (χ3n) is 4.53. The number of rotatable bonds is 4. The van der Waals surface area contributed by atoms with Crippen LogP contribution in [-0.2, 0) is 14.8 Å². The maximum atomic E-state index is 12.9. The molecular formula is C19H21IN2O3S. The SMILES string of the molecule is Cc1ccc(S(=O)(=O)N2CCCC(C(=O)Nc3ccc(I)cc3)C2)cc1. The number of amides is 1. The average Bonchev–Trinajstić information content (AvgIpc) is 2.64. The first-order valence-electron chi connectivity index (χ1n) is 8.49. The molecule has 138 valence electrons. The second kappa shape index (κ2) is 8.06. The first kappa shape index (κ1) is 19.3. The predicted octanol–water partition coefficient (Wildman–Crippen LogP) is 3.64. The van der Waals surface area contributed by atoms with Crippen LogP contribution in [0.25, 0.3) is 0 Å². The molecule has 0 spiro atoms. The lowest BCUT2D eigenvalue weighted by molar-refractivity contribution is -0.120. The summed E-state index contributed by atoms with van der Waals surface area (Å²) in [6.45, 7) is 2.58. The highest BCUT2D eigenvalue weighted by molar-refractivity contribution is 14.1. The number of nitrogens with zero attached hydrogens (tertiary/aromatic N) is 1. The van der Waals surface area contributed by atoms with Crippen molar-refractivity contribution in [1.82, 2.24) is 4.31 Å². The van der Waals surface area contributed by atoms with Crippen molar-refractivity contribution < 1.29 is 13.2 Å². The number of sulfonamides is 1. The highest BCUT2D eigenvalue weighted by Crippen LogP contribution is 2.25. The molecule has 1 fully saturated rings. The van der Waals surface area contributed by atoms with E-state index in [2.05, 4.69) is 27.9 Å². The molecule has 1 unspecified atom stereocenters. The molecule has 2 aromatic carbocycles. The van der Waals surface area contributed by atoms with E-state index in [9.17, 15) is 13.2 Å². The first-order valence-corrected chi connectivity index (χ1v) is 11.0. The first-order chi connectivity index (χ1) is 12.4. The van der Waals surface area contributed by atoms with Gasteiger partial charge in [-0.25, -0.2) is 8.42 Å². The van der Waals surface area contributed by atoms with Crippen molar-refractivity contribution in [3.8, 4) is 0 Å². The molecule has 3 rings (SSSR count). The quantitative estimate of drug-likeness (QED) is 0.675. The summed E-state index contributed by atoms with van der Waals surface area (Å²) in [7, 11) is -3.57. The summed E-state index contributed by atoms with van der Waals surface area (Å²) < 4.78 is 28.2. The zero-order valence-electron chi connectivity index (χ0n) is 14.5. The van der Waals surface area contributed by atoms with Gasteiger partial charge in [0.15, 0.2) is 0 Å². The largest absolute Gasteiger partial charge is 0.326 e. The maximum absolute atomic E-state index is 12.9. The van der Waals surface area contributed by atoms with Crippen molar-refractivity contribution in [2.45, 2.75) is 24.7 Å². The highest BCUT2D eigenvalue weighted by atomic mass is 127. The predicted molar refractivity (Wildman–Crippen MR) is 110 cm³/mol. The van der Waals surface area contributed by atoms with Crippen molar-refractivity contribution in [3.63, 3.8) is 0 Å². The van der Waals surface area contributed by atoms with Crippen molar-refractivity contribution in [2.24, 2.45) is 5.92 Å². The lowest BCUT2D eigenvalue weighted by Crippen LogP contribution is -2.43. The number of anilines is 1. The molecule has 1 amide bonds. The van der Waals surface area contributed by atoms with Crippen LogP contribution in [0.4, 0.5) is 5.69 Å². The number of aryl methyl sites for hydroxylation is 1. The minimum Gasteiger partial charge on any atom is -0.326 e. The Kier molecular flexibility index (Phi) is 5.99. The molecule has 1 aliphatic rings. The summed E-state index contributed by atoms with van der Waals surface area (Å²) in [4.78, 5) is 12.9. The van der Waals surface area contributed by atoms with E-state index >= 15 is 0 Å². The van der Waals surface area contributed by atoms with Crippen LogP contribution in [-0.4, -0.2) is 31.7 Å². The lowest BCUT2D eigenvalue weighted by atomic mass is 9.99. The van der Waals surface area contributed by atoms with Crippen LogP contribution in [0, 0.1) is 16.4 Å².